The number of aliphatic hydroxyl groups is 1. The summed E-state index contributed by atoms with van der Waals surface area (Å²) in [6.45, 7) is 11.9. The summed E-state index contributed by atoms with van der Waals surface area (Å²) in [5, 5.41) is 20.7. The number of aliphatic hydroxyl groups excluding tert-OH is 1. The van der Waals surface area contributed by atoms with E-state index in [1.165, 1.54) is 6.07 Å². The first-order valence-corrected chi connectivity index (χ1v) is 9.52. The molecule has 0 heterocycles. The quantitative estimate of drug-likeness (QED) is 0.517. The molecular weight excluding hydrogens is 274 g/mol. The third-order valence-electron chi connectivity index (χ3n) is 3.83. The highest BCUT2D eigenvalue weighted by atomic mass is 28.4. The van der Waals surface area contributed by atoms with E-state index in [2.05, 4.69) is 20.8 Å². The lowest BCUT2D eigenvalue weighted by Crippen LogP contribution is -2.44. The lowest BCUT2D eigenvalue weighted by atomic mass is 10.1. The molecule has 112 valence electrons. The van der Waals surface area contributed by atoms with Gasteiger partial charge in [-0.25, -0.2) is 0 Å². The molecule has 6 heteroatoms. The Morgan fingerprint density at radius 3 is 2.30 bits per heavy atom. The minimum Gasteiger partial charge on any atom is -0.539 e. The van der Waals surface area contributed by atoms with Crippen LogP contribution in [0.3, 0.4) is 0 Å². The van der Waals surface area contributed by atoms with E-state index in [1.807, 2.05) is 13.1 Å². The second-order valence-corrected chi connectivity index (χ2v) is 11.2. The standard InChI is InChI=1S/C14H23NO4Si/c1-10(16)11-7-8-13(12(9-11)15(17)18)19-20(5,6)14(2,3)4/h7-10,16H,1-6H3/t10-/m1/s1. The fourth-order valence-electron chi connectivity index (χ4n) is 1.45. The summed E-state index contributed by atoms with van der Waals surface area (Å²) in [6, 6.07) is 4.63. The molecule has 0 bridgehead atoms. The average molecular weight is 297 g/mol. The summed E-state index contributed by atoms with van der Waals surface area (Å²) < 4.78 is 6.01. The van der Waals surface area contributed by atoms with Crippen molar-refractivity contribution >= 4 is 14.0 Å². The topological polar surface area (TPSA) is 72.6 Å². The average Bonchev–Trinajstić information content (AvgIpc) is 2.26. The van der Waals surface area contributed by atoms with Gasteiger partial charge in [0.15, 0.2) is 5.75 Å². The van der Waals surface area contributed by atoms with Gasteiger partial charge in [0.1, 0.15) is 0 Å². The zero-order chi connectivity index (χ0) is 15.7. The lowest BCUT2D eigenvalue weighted by molar-refractivity contribution is -0.385. The van der Waals surface area contributed by atoms with Gasteiger partial charge in [-0.05, 0) is 36.7 Å². The van der Waals surface area contributed by atoms with Crippen LogP contribution >= 0.6 is 0 Å². The summed E-state index contributed by atoms with van der Waals surface area (Å²) in [6.07, 6.45) is -0.740. The highest BCUT2D eigenvalue weighted by molar-refractivity contribution is 6.74. The first-order valence-electron chi connectivity index (χ1n) is 6.61. The van der Waals surface area contributed by atoms with Crippen molar-refractivity contribution in [3.8, 4) is 5.75 Å². The third-order valence-corrected chi connectivity index (χ3v) is 8.18. The van der Waals surface area contributed by atoms with Crippen molar-refractivity contribution in [1.29, 1.82) is 0 Å². The Hall–Kier alpha value is -1.40. The number of nitro groups is 1. The van der Waals surface area contributed by atoms with Gasteiger partial charge in [0.2, 0.25) is 0 Å². The van der Waals surface area contributed by atoms with Crippen molar-refractivity contribution in [1.82, 2.24) is 0 Å². The molecule has 5 nitrogen and oxygen atoms in total. The van der Waals surface area contributed by atoms with E-state index in [0.717, 1.165) is 0 Å². The van der Waals surface area contributed by atoms with Crippen molar-refractivity contribution in [3.05, 3.63) is 33.9 Å². The number of hydrogen-bond donors (Lipinski definition) is 1. The maximum atomic E-state index is 11.2. The van der Waals surface area contributed by atoms with E-state index in [0.29, 0.717) is 5.56 Å². The highest BCUT2D eigenvalue weighted by Crippen LogP contribution is 2.40. The van der Waals surface area contributed by atoms with E-state index in [9.17, 15) is 15.2 Å². The van der Waals surface area contributed by atoms with Crippen LogP contribution in [0.2, 0.25) is 18.1 Å². The maximum Gasteiger partial charge on any atom is 0.309 e. The van der Waals surface area contributed by atoms with Gasteiger partial charge in [-0.15, -0.1) is 0 Å². The second kappa shape index (κ2) is 5.53. The molecule has 0 amide bonds. The monoisotopic (exact) mass is 297 g/mol. The van der Waals surface area contributed by atoms with Crippen molar-refractivity contribution in [2.75, 3.05) is 0 Å². The van der Waals surface area contributed by atoms with Gasteiger partial charge >= 0.3 is 5.69 Å². The molecule has 0 spiro atoms. The smallest absolute Gasteiger partial charge is 0.309 e. The second-order valence-electron chi connectivity index (χ2n) is 6.52. The van der Waals surface area contributed by atoms with Crippen LogP contribution in [0.5, 0.6) is 5.75 Å². The van der Waals surface area contributed by atoms with Crippen LogP contribution in [-0.2, 0) is 0 Å². The Balaban J connectivity index is 3.23. The zero-order valence-electron chi connectivity index (χ0n) is 12.9. The van der Waals surface area contributed by atoms with Crippen LogP contribution in [0.4, 0.5) is 5.69 Å². The lowest BCUT2D eigenvalue weighted by Gasteiger charge is -2.36. The molecule has 20 heavy (non-hydrogen) atoms. The van der Waals surface area contributed by atoms with E-state index < -0.39 is 19.3 Å². The number of rotatable bonds is 4. The predicted octanol–water partition coefficient (Wildman–Crippen LogP) is 4.03. The Kier molecular flexibility index (Phi) is 4.61. The normalized spacial score (nSPS) is 13.9. The van der Waals surface area contributed by atoms with Crippen molar-refractivity contribution < 1.29 is 14.5 Å². The first kappa shape index (κ1) is 16.7. The van der Waals surface area contributed by atoms with Crippen molar-refractivity contribution in [2.24, 2.45) is 0 Å². The van der Waals surface area contributed by atoms with Gasteiger partial charge < -0.3 is 9.53 Å². The third kappa shape index (κ3) is 3.58. The number of hydrogen-bond acceptors (Lipinski definition) is 4. The molecular formula is C14H23NO4Si. The Morgan fingerprint density at radius 2 is 1.90 bits per heavy atom. The van der Waals surface area contributed by atoms with Crippen LogP contribution in [-0.4, -0.2) is 18.3 Å². The van der Waals surface area contributed by atoms with Crippen molar-refractivity contribution in [3.63, 3.8) is 0 Å². The van der Waals surface area contributed by atoms with Gasteiger partial charge in [-0.1, -0.05) is 26.8 Å². The maximum absolute atomic E-state index is 11.2. The molecule has 1 N–H and O–H groups in total. The fourth-order valence-corrected chi connectivity index (χ4v) is 2.48. The number of nitro benzene ring substituents is 1. The van der Waals surface area contributed by atoms with Crippen molar-refractivity contribution in [2.45, 2.75) is 51.9 Å². The SMILES string of the molecule is C[C@@H](O)c1ccc(O[Si](C)(C)C(C)(C)C)c([N+](=O)[O-])c1. The van der Waals surface area contributed by atoms with Crippen LogP contribution in [0.15, 0.2) is 18.2 Å². The number of benzene rings is 1. The molecule has 0 aliphatic carbocycles. The Labute approximate surface area is 120 Å². The molecule has 1 atom stereocenters. The molecule has 0 aliphatic heterocycles. The molecule has 0 saturated carbocycles. The predicted molar refractivity (Wildman–Crippen MR) is 81.6 cm³/mol. The molecule has 1 aromatic carbocycles. The molecule has 0 aliphatic rings. The van der Waals surface area contributed by atoms with Crippen LogP contribution in [0.25, 0.3) is 0 Å². The van der Waals surface area contributed by atoms with Crippen LogP contribution < -0.4 is 4.43 Å². The summed E-state index contributed by atoms with van der Waals surface area (Å²) in [5.41, 5.74) is 0.424. The molecule has 0 saturated heterocycles. The molecule has 1 rings (SSSR count). The fraction of sp³-hybridized carbons (Fsp3) is 0.571. The Morgan fingerprint density at radius 1 is 1.35 bits per heavy atom. The minimum absolute atomic E-state index is 0.0379. The van der Waals surface area contributed by atoms with Gasteiger partial charge in [0, 0.05) is 6.07 Å². The van der Waals surface area contributed by atoms with Gasteiger partial charge in [0.25, 0.3) is 8.32 Å². The van der Waals surface area contributed by atoms with Crippen LogP contribution in [0, 0.1) is 10.1 Å². The van der Waals surface area contributed by atoms with Gasteiger partial charge in [-0.2, -0.15) is 0 Å². The summed E-state index contributed by atoms with van der Waals surface area (Å²) in [7, 11) is -2.13. The molecule has 0 radical (unpaired) electrons. The molecule has 1 aromatic rings. The zero-order valence-corrected chi connectivity index (χ0v) is 13.9. The van der Waals surface area contributed by atoms with Gasteiger partial charge in [0.05, 0.1) is 11.0 Å². The number of nitrogens with zero attached hydrogens (tertiary/aromatic N) is 1. The van der Waals surface area contributed by atoms with E-state index >= 15 is 0 Å². The summed E-state index contributed by atoms with van der Waals surface area (Å²) in [5.74, 6) is 0.283. The highest BCUT2D eigenvalue weighted by Gasteiger charge is 2.40. The van der Waals surface area contributed by atoms with E-state index in [4.69, 9.17) is 4.43 Å². The first-order chi connectivity index (χ1) is 8.95. The summed E-state index contributed by atoms with van der Waals surface area (Å²) in [4.78, 5) is 10.7. The van der Waals surface area contributed by atoms with E-state index in [-0.39, 0.29) is 16.5 Å². The minimum atomic E-state index is -2.13. The Bertz CT molecular complexity index is 506. The van der Waals surface area contributed by atoms with Crippen LogP contribution in [0.1, 0.15) is 39.4 Å². The largest absolute Gasteiger partial charge is 0.539 e. The van der Waals surface area contributed by atoms with Gasteiger partial charge in [-0.3, -0.25) is 10.1 Å². The summed E-state index contributed by atoms with van der Waals surface area (Å²) >= 11 is 0. The molecule has 0 unspecified atom stereocenters. The van der Waals surface area contributed by atoms with E-state index in [1.54, 1.807) is 19.1 Å². The molecule has 0 aromatic heterocycles. The molecule has 0 fully saturated rings.